The number of hydrogen-bond acceptors (Lipinski definition) is 6. The molecule has 3 N–H and O–H groups in total. The molecule has 1 saturated carbocycles. The fourth-order valence-corrected chi connectivity index (χ4v) is 6.72. The number of carbonyl (C=O) groups is 2. The fraction of sp³-hybridized carbons (Fsp3) is 0.542. The van der Waals surface area contributed by atoms with Crippen molar-refractivity contribution in [3.8, 4) is 10.4 Å². The predicted molar refractivity (Wildman–Crippen MR) is 136 cm³/mol. The molecule has 3 rings (SSSR count). The van der Waals surface area contributed by atoms with E-state index in [1.165, 1.54) is 11.3 Å². The molecule has 0 saturated heterocycles. The van der Waals surface area contributed by atoms with E-state index in [2.05, 4.69) is 15.0 Å². The number of aromatic nitrogens is 1. The molecule has 0 radical (unpaired) electrons. The Bertz CT molecular complexity index is 1150. The quantitative estimate of drug-likeness (QED) is 0.459. The van der Waals surface area contributed by atoms with E-state index in [-0.39, 0.29) is 41.8 Å². The monoisotopic (exact) mass is 522 g/mol. The van der Waals surface area contributed by atoms with Crippen LogP contribution >= 0.6 is 11.3 Å². The molecule has 35 heavy (non-hydrogen) atoms. The Morgan fingerprint density at radius 3 is 2.51 bits per heavy atom. The molecule has 1 fully saturated rings. The van der Waals surface area contributed by atoms with E-state index < -0.39 is 16.1 Å². The van der Waals surface area contributed by atoms with Crippen LogP contribution in [0.25, 0.3) is 10.4 Å². The minimum atomic E-state index is -3.78. The summed E-state index contributed by atoms with van der Waals surface area (Å²) in [5, 5.41) is 12.4. The number of sulfonamides is 1. The molecule has 1 heterocycles. The summed E-state index contributed by atoms with van der Waals surface area (Å²) in [7, 11) is -2.04. The molecule has 2 aromatic rings. The first-order valence-corrected chi connectivity index (χ1v) is 14.2. The van der Waals surface area contributed by atoms with Gasteiger partial charge in [0.25, 0.3) is 0 Å². The highest BCUT2D eigenvalue weighted by Crippen LogP contribution is 2.39. The lowest BCUT2D eigenvalue weighted by atomic mass is 9.86. The van der Waals surface area contributed by atoms with Gasteiger partial charge in [0, 0.05) is 43.4 Å². The van der Waals surface area contributed by atoms with Crippen LogP contribution < -0.4 is 10.0 Å². The third-order valence-corrected chi connectivity index (χ3v) is 9.16. The predicted octanol–water partition coefficient (Wildman–Crippen LogP) is 3.81. The van der Waals surface area contributed by atoms with E-state index >= 15 is 0 Å². The molecule has 1 aliphatic rings. The largest absolute Gasteiger partial charge is 0.465 e. The second-order valence-corrected chi connectivity index (χ2v) is 12.0. The Balaban J connectivity index is 1.87. The van der Waals surface area contributed by atoms with Gasteiger partial charge in [-0.05, 0) is 51.2 Å². The number of carboxylic acid groups (broad SMARTS) is 1. The third-order valence-electron chi connectivity index (χ3n) is 6.39. The van der Waals surface area contributed by atoms with Crippen LogP contribution in [0.15, 0.2) is 29.3 Å². The maximum absolute atomic E-state index is 13.1. The fourth-order valence-electron chi connectivity index (χ4n) is 4.22. The minimum absolute atomic E-state index is 0.0370. The Labute approximate surface area is 211 Å². The van der Waals surface area contributed by atoms with Crippen molar-refractivity contribution in [2.24, 2.45) is 0 Å². The van der Waals surface area contributed by atoms with Gasteiger partial charge in [-0.1, -0.05) is 19.1 Å². The SMILES string of the molecule is CCNS(=O)(=O)c1cc(CC(=O)N(C)C(C)C)ccc1-c1cnc(C2CCC(NC(=O)O)CC2)s1. The second-order valence-electron chi connectivity index (χ2n) is 9.17. The average molecular weight is 523 g/mol. The molecular formula is C24H34N4O5S2. The van der Waals surface area contributed by atoms with Crippen LogP contribution in [-0.4, -0.2) is 61.1 Å². The molecule has 9 nitrogen and oxygen atoms in total. The molecule has 0 unspecified atom stereocenters. The normalized spacial score (nSPS) is 18.4. The molecule has 11 heteroatoms. The summed E-state index contributed by atoms with van der Waals surface area (Å²) < 4.78 is 28.7. The number of hydrogen-bond donors (Lipinski definition) is 3. The van der Waals surface area contributed by atoms with Crippen molar-refractivity contribution in [2.45, 2.75) is 75.8 Å². The lowest BCUT2D eigenvalue weighted by molar-refractivity contribution is -0.130. The van der Waals surface area contributed by atoms with Crippen LogP contribution in [0.3, 0.4) is 0 Å². The topological polar surface area (TPSA) is 129 Å². The highest BCUT2D eigenvalue weighted by Gasteiger charge is 2.27. The average Bonchev–Trinajstić information content (AvgIpc) is 3.28. The maximum Gasteiger partial charge on any atom is 0.404 e. The summed E-state index contributed by atoms with van der Waals surface area (Å²) in [6, 6.07) is 5.16. The molecule has 0 aliphatic heterocycles. The van der Waals surface area contributed by atoms with Gasteiger partial charge < -0.3 is 15.3 Å². The Morgan fingerprint density at radius 1 is 1.23 bits per heavy atom. The van der Waals surface area contributed by atoms with E-state index in [1.807, 2.05) is 13.8 Å². The molecular weight excluding hydrogens is 488 g/mol. The summed E-state index contributed by atoms with van der Waals surface area (Å²) in [5.41, 5.74) is 1.20. The Morgan fingerprint density at radius 2 is 1.91 bits per heavy atom. The number of benzene rings is 1. The molecule has 1 aromatic heterocycles. The van der Waals surface area contributed by atoms with Crippen LogP contribution in [0.4, 0.5) is 4.79 Å². The molecule has 0 atom stereocenters. The van der Waals surface area contributed by atoms with Crippen LogP contribution in [0.2, 0.25) is 0 Å². The number of amides is 2. The van der Waals surface area contributed by atoms with Gasteiger partial charge in [0.2, 0.25) is 15.9 Å². The Kier molecular flexibility index (Phi) is 8.89. The van der Waals surface area contributed by atoms with Gasteiger partial charge in [0.05, 0.1) is 21.2 Å². The molecule has 2 amide bonds. The van der Waals surface area contributed by atoms with Gasteiger partial charge in [0.15, 0.2) is 0 Å². The van der Waals surface area contributed by atoms with Crippen molar-refractivity contribution < 1.29 is 23.1 Å². The lowest BCUT2D eigenvalue weighted by Crippen LogP contribution is -2.36. The molecule has 192 valence electrons. The summed E-state index contributed by atoms with van der Waals surface area (Å²) in [4.78, 5) is 30.6. The van der Waals surface area contributed by atoms with Crippen molar-refractivity contribution in [1.29, 1.82) is 0 Å². The molecule has 0 spiro atoms. The highest BCUT2D eigenvalue weighted by molar-refractivity contribution is 7.89. The maximum atomic E-state index is 13.1. The van der Waals surface area contributed by atoms with Crippen molar-refractivity contribution in [2.75, 3.05) is 13.6 Å². The number of likely N-dealkylation sites (N-methyl/N-ethyl adjacent to an activating group) is 1. The first kappa shape index (κ1) is 27.1. The summed E-state index contributed by atoms with van der Waals surface area (Å²) in [6.45, 7) is 5.84. The van der Waals surface area contributed by atoms with Crippen LogP contribution in [0, 0.1) is 0 Å². The smallest absolute Gasteiger partial charge is 0.404 e. The van der Waals surface area contributed by atoms with E-state index in [4.69, 9.17) is 5.11 Å². The number of nitrogens with zero attached hydrogens (tertiary/aromatic N) is 2. The van der Waals surface area contributed by atoms with Gasteiger partial charge in [0.1, 0.15) is 0 Å². The van der Waals surface area contributed by atoms with Crippen molar-refractivity contribution >= 4 is 33.4 Å². The van der Waals surface area contributed by atoms with Crippen molar-refractivity contribution in [1.82, 2.24) is 19.9 Å². The summed E-state index contributed by atoms with van der Waals surface area (Å²) in [6.07, 6.45) is 3.97. The van der Waals surface area contributed by atoms with E-state index in [0.29, 0.717) is 11.1 Å². The van der Waals surface area contributed by atoms with Crippen LogP contribution in [0.5, 0.6) is 0 Å². The Hall–Kier alpha value is -2.50. The highest BCUT2D eigenvalue weighted by atomic mass is 32.2. The zero-order valence-corrected chi connectivity index (χ0v) is 22.2. The van der Waals surface area contributed by atoms with E-state index in [0.717, 1.165) is 35.6 Å². The zero-order valence-electron chi connectivity index (χ0n) is 20.6. The lowest BCUT2D eigenvalue weighted by Gasteiger charge is -2.27. The number of nitrogens with one attached hydrogen (secondary N) is 2. The number of rotatable bonds is 9. The van der Waals surface area contributed by atoms with Gasteiger partial charge in [-0.15, -0.1) is 11.3 Å². The van der Waals surface area contributed by atoms with Gasteiger partial charge >= 0.3 is 6.09 Å². The minimum Gasteiger partial charge on any atom is -0.465 e. The van der Waals surface area contributed by atoms with Crippen molar-refractivity contribution in [3.05, 3.63) is 35.0 Å². The van der Waals surface area contributed by atoms with Gasteiger partial charge in [-0.3, -0.25) is 4.79 Å². The molecule has 0 bridgehead atoms. The second kappa shape index (κ2) is 11.5. The van der Waals surface area contributed by atoms with Crippen molar-refractivity contribution in [3.63, 3.8) is 0 Å². The van der Waals surface area contributed by atoms with Gasteiger partial charge in [-0.25, -0.2) is 22.9 Å². The van der Waals surface area contributed by atoms with Crippen LogP contribution in [-0.2, 0) is 21.2 Å². The summed E-state index contributed by atoms with van der Waals surface area (Å²) in [5.74, 6) is 0.144. The van der Waals surface area contributed by atoms with Crippen LogP contribution in [0.1, 0.15) is 62.9 Å². The first-order chi connectivity index (χ1) is 16.5. The molecule has 1 aromatic carbocycles. The standard InChI is InChI=1S/C24H34N4O5S2/c1-5-26-35(32,33)21-12-16(13-22(29)28(4)15(2)3)6-11-19(21)20-14-25-23(34-20)17-7-9-18(10-8-17)27-24(30)31/h6,11-12,14-15,17-18,26-27H,5,7-10,13H2,1-4H3,(H,30,31). The van der Waals surface area contributed by atoms with E-state index in [9.17, 15) is 18.0 Å². The number of carbonyl (C=O) groups excluding carboxylic acids is 1. The summed E-state index contributed by atoms with van der Waals surface area (Å²) >= 11 is 1.47. The van der Waals surface area contributed by atoms with Gasteiger partial charge in [-0.2, -0.15) is 0 Å². The number of thiazole rings is 1. The van der Waals surface area contributed by atoms with E-state index in [1.54, 1.807) is 43.3 Å². The first-order valence-electron chi connectivity index (χ1n) is 11.9. The zero-order chi connectivity index (χ0) is 25.8. The third kappa shape index (κ3) is 6.80. The molecule has 1 aliphatic carbocycles.